The van der Waals surface area contributed by atoms with Gasteiger partial charge in [0.25, 0.3) is 0 Å². The zero-order valence-corrected chi connectivity index (χ0v) is 9.97. The molecule has 0 heterocycles. The summed E-state index contributed by atoms with van der Waals surface area (Å²) in [6, 6.07) is 0. The van der Waals surface area contributed by atoms with Gasteiger partial charge in [0.2, 0.25) is 0 Å². The fourth-order valence-electron chi connectivity index (χ4n) is 1.36. The molecule has 0 rings (SSSR count). The molecule has 0 fully saturated rings. The lowest BCUT2D eigenvalue weighted by atomic mass is 10.2. The Hall–Kier alpha value is -1.00. The van der Waals surface area contributed by atoms with Crippen LogP contribution in [0.2, 0.25) is 0 Å². The standard InChI is InChI=1S/C14H23N/c1-5-8-11-15(12-9-6-2)13-10-14(4)7-3/h3,5H,1,4,6,8-13H2,2H3. The van der Waals surface area contributed by atoms with Gasteiger partial charge >= 0.3 is 0 Å². The maximum atomic E-state index is 5.27. The van der Waals surface area contributed by atoms with Gasteiger partial charge in [-0.1, -0.05) is 31.9 Å². The van der Waals surface area contributed by atoms with Crippen LogP contribution in [0.4, 0.5) is 0 Å². The topological polar surface area (TPSA) is 3.24 Å². The van der Waals surface area contributed by atoms with E-state index in [9.17, 15) is 0 Å². The number of unbranched alkanes of at least 4 members (excludes halogenated alkanes) is 1. The van der Waals surface area contributed by atoms with Gasteiger partial charge in [0, 0.05) is 13.1 Å². The second kappa shape index (κ2) is 9.55. The second-order valence-corrected chi connectivity index (χ2v) is 3.77. The second-order valence-electron chi connectivity index (χ2n) is 3.77. The number of hydrogen-bond acceptors (Lipinski definition) is 1. The molecule has 0 spiro atoms. The van der Waals surface area contributed by atoms with Crippen LogP contribution in [0.15, 0.2) is 24.8 Å². The zero-order chi connectivity index (χ0) is 11.5. The number of terminal acetylenes is 1. The average Bonchev–Trinajstić information content (AvgIpc) is 2.27. The molecule has 84 valence electrons. The van der Waals surface area contributed by atoms with Crippen molar-refractivity contribution in [2.75, 3.05) is 19.6 Å². The molecule has 0 unspecified atom stereocenters. The minimum atomic E-state index is 0.898. The van der Waals surface area contributed by atoms with Gasteiger partial charge in [-0.2, -0.15) is 0 Å². The van der Waals surface area contributed by atoms with E-state index in [-0.39, 0.29) is 0 Å². The molecule has 0 radical (unpaired) electrons. The lowest BCUT2D eigenvalue weighted by molar-refractivity contribution is 0.278. The maximum absolute atomic E-state index is 5.27. The molecular weight excluding hydrogens is 182 g/mol. The molecule has 0 aliphatic carbocycles. The summed E-state index contributed by atoms with van der Waals surface area (Å²) >= 11 is 0. The molecule has 0 aromatic heterocycles. The molecule has 0 N–H and O–H groups in total. The van der Waals surface area contributed by atoms with Crippen molar-refractivity contribution in [1.29, 1.82) is 0 Å². The van der Waals surface area contributed by atoms with Gasteiger partial charge in [0.1, 0.15) is 0 Å². The summed E-state index contributed by atoms with van der Waals surface area (Å²) in [5.41, 5.74) is 0.898. The number of rotatable bonds is 9. The Bertz CT molecular complexity index is 222. The van der Waals surface area contributed by atoms with Gasteiger partial charge in [0.05, 0.1) is 0 Å². The monoisotopic (exact) mass is 205 g/mol. The van der Waals surface area contributed by atoms with Crippen LogP contribution in [-0.4, -0.2) is 24.5 Å². The minimum Gasteiger partial charge on any atom is -0.303 e. The molecule has 0 aromatic carbocycles. The van der Waals surface area contributed by atoms with Crippen molar-refractivity contribution < 1.29 is 0 Å². The molecule has 1 nitrogen and oxygen atoms in total. The van der Waals surface area contributed by atoms with Crippen LogP contribution in [0.1, 0.15) is 32.6 Å². The third-order valence-corrected chi connectivity index (χ3v) is 2.41. The third kappa shape index (κ3) is 8.03. The van der Waals surface area contributed by atoms with Gasteiger partial charge in [0.15, 0.2) is 0 Å². The van der Waals surface area contributed by atoms with E-state index in [1.165, 1.54) is 12.8 Å². The van der Waals surface area contributed by atoms with Crippen LogP contribution in [0.3, 0.4) is 0 Å². The van der Waals surface area contributed by atoms with Crippen LogP contribution in [0.5, 0.6) is 0 Å². The SMILES string of the molecule is C#CC(=C)CCN(CCC=C)CCCC. The largest absolute Gasteiger partial charge is 0.303 e. The molecule has 0 bridgehead atoms. The molecule has 0 aliphatic rings. The lowest BCUT2D eigenvalue weighted by Gasteiger charge is -2.21. The number of hydrogen-bond donors (Lipinski definition) is 0. The smallest absolute Gasteiger partial charge is 0.00280 e. The van der Waals surface area contributed by atoms with Crippen molar-refractivity contribution in [1.82, 2.24) is 4.90 Å². The summed E-state index contributed by atoms with van der Waals surface area (Å²) in [5, 5.41) is 0. The van der Waals surface area contributed by atoms with E-state index in [4.69, 9.17) is 6.42 Å². The fraction of sp³-hybridized carbons (Fsp3) is 0.571. The quantitative estimate of drug-likeness (QED) is 0.412. The van der Waals surface area contributed by atoms with Crippen molar-refractivity contribution in [3.63, 3.8) is 0 Å². The summed E-state index contributed by atoms with van der Waals surface area (Å²) in [6.07, 6.45) is 11.7. The van der Waals surface area contributed by atoms with Crippen LogP contribution in [0.25, 0.3) is 0 Å². The van der Waals surface area contributed by atoms with E-state index in [0.29, 0.717) is 0 Å². The van der Waals surface area contributed by atoms with Gasteiger partial charge in [-0.05, 0) is 31.4 Å². The Morgan fingerprint density at radius 1 is 1.40 bits per heavy atom. The van der Waals surface area contributed by atoms with E-state index in [1.807, 2.05) is 6.08 Å². The minimum absolute atomic E-state index is 0.898. The molecule has 0 aromatic rings. The Balaban J connectivity index is 3.83. The van der Waals surface area contributed by atoms with Crippen molar-refractivity contribution >= 4 is 0 Å². The third-order valence-electron chi connectivity index (χ3n) is 2.41. The first-order valence-electron chi connectivity index (χ1n) is 5.72. The highest BCUT2D eigenvalue weighted by molar-refractivity contribution is 5.21. The van der Waals surface area contributed by atoms with Gasteiger partial charge in [-0.25, -0.2) is 0 Å². The summed E-state index contributed by atoms with van der Waals surface area (Å²) < 4.78 is 0. The first kappa shape index (κ1) is 14.0. The molecule has 0 saturated heterocycles. The predicted molar refractivity (Wildman–Crippen MR) is 68.8 cm³/mol. The lowest BCUT2D eigenvalue weighted by Crippen LogP contribution is -2.27. The number of nitrogens with zero attached hydrogens (tertiary/aromatic N) is 1. The van der Waals surface area contributed by atoms with Crippen molar-refractivity contribution in [2.45, 2.75) is 32.6 Å². The summed E-state index contributed by atoms with van der Waals surface area (Å²) in [4.78, 5) is 2.44. The first-order chi connectivity index (χ1) is 7.24. The van der Waals surface area contributed by atoms with Crippen molar-refractivity contribution in [3.05, 3.63) is 24.8 Å². The van der Waals surface area contributed by atoms with Crippen LogP contribution < -0.4 is 0 Å². The molecular formula is C14H23N. The molecule has 0 amide bonds. The summed E-state index contributed by atoms with van der Waals surface area (Å²) in [6.45, 7) is 13.0. The highest BCUT2D eigenvalue weighted by Crippen LogP contribution is 2.03. The van der Waals surface area contributed by atoms with Crippen LogP contribution in [0, 0.1) is 12.3 Å². The van der Waals surface area contributed by atoms with E-state index in [0.717, 1.165) is 38.0 Å². The van der Waals surface area contributed by atoms with E-state index in [1.54, 1.807) is 0 Å². The Morgan fingerprint density at radius 3 is 2.67 bits per heavy atom. The van der Waals surface area contributed by atoms with Gasteiger partial charge in [-0.3, -0.25) is 0 Å². The highest BCUT2D eigenvalue weighted by Gasteiger charge is 2.03. The molecule has 1 heteroatoms. The zero-order valence-electron chi connectivity index (χ0n) is 9.97. The average molecular weight is 205 g/mol. The van der Waals surface area contributed by atoms with Crippen LogP contribution in [-0.2, 0) is 0 Å². The summed E-state index contributed by atoms with van der Waals surface area (Å²) in [7, 11) is 0. The molecule has 0 aliphatic heterocycles. The van der Waals surface area contributed by atoms with Crippen LogP contribution >= 0.6 is 0 Å². The Labute approximate surface area is 94.9 Å². The molecule has 15 heavy (non-hydrogen) atoms. The Kier molecular flexibility index (Phi) is 8.91. The summed E-state index contributed by atoms with van der Waals surface area (Å²) in [5.74, 6) is 2.59. The predicted octanol–water partition coefficient (Wildman–Crippen LogP) is 3.24. The van der Waals surface area contributed by atoms with E-state index >= 15 is 0 Å². The van der Waals surface area contributed by atoms with E-state index in [2.05, 4.69) is 30.9 Å². The van der Waals surface area contributed by atoms with Gasteiger partial charge in [-0.15, -0.1) is 13.0 Å². The highest BCUT2D eigenvalue weighted by atomic mass is 15.1. The van der Waals surface area contributed by atoms with E-state index < -0.39 is 0 Å². The van der Waals surface area contributed by atoms with Gasteiger partial charge < -0.3 is 4.90 Å². The Morgan fingerprint density at radius 2 is 2.13 bits per heavy atom. The normalized spacial score (nSPS) is 9.93. The fourth-order valence-corrected chi connectivity index (χ4v) is 1.36. The maximum Gasteiger partial charge on any atom is 0.00280 e. The first-order valence-corrected chi connectivity index (χ1v) is 5.72. The molecule has 0 saturated carbocycles. The van der Waals surface area contributed by atoms with Crippen molar-refractivity contribution in [3.8, 4) is 12.3 Å². The molecule has 0 atom stereocenters. The van der Waals surface area contributed by atoms with Crippen molar-refractivity contribution in [2.24, 2.45) is 0 Å².